The van der Waals surface area contributed by atoms with Crippen LogP contribution in [0.15, 0.2) is 18.3 Å². The lowest BCUT2D eigenvalue weighted by molar-refractivity contribution is 0.199. The van der Waals surface area contributed by atoms with Gasteiger partial charge in [-0.25, -0.2) is 0 Å². The highest BCUT2D eigenvalue weighted by atomic mass is 16.5. The predicted molar refractivity (Wildman–Crippen MR) is 52.6 cm³/mol. The van der Waals surface area contributed by atoms with Crippen molar-refractivity contribution in [2.45, 2.75) is 13.5 Å². The van der Waals surface area contributed by atoms with Crippen LogP contribution in [0.4, 0.5) is 0 Å². The van der Waals surface area contributed by atoms with Crippen molar-refractivity contribution >= 4 is 0 Å². The SMILES string of the molecule is COCCNCc1ccc(C)cn1. The van der Waals surface area contributed by atoms with Gasteiger partial charge in [-0.15, -0.1) is 0 Å². The summed E-state index contributed by atoms with van der Waals surface area (Å²) in [6, 6.07) is 4.11. The van der Waals surface area contributed by atoms with Gasteiger partial charge < -0.3 is 10.1 Å². The zero-order valence-corrected chi connectivity index (χ0v) is 8.21. The highest BCUT2D eigenvalue weighted by molar-refractivity contribution is 5.11. The second-order valence-electron chi connectivity index (χ2n) is 3.00. The third-order valence-electron chi connectivity index (χ3n) is 1.76. The maximum absolute atomic E-state index is 4.92. The molecule has 0 saturated heterocycles. The topological polar surface area (TPSA) is 34.1 Å². The van der Waals surface area contributed by atoms with E-state index in [1.54, 1.807) is 7.11 Å². The van der Waals surface area contributed by atoms with E-state index in [4.69, 9.17) is 4.74 Å². The van der Waals surface area contributed by atoms with E-state index in [1.165, 1.54) is 5.56 Å². The van der Waals surface area contributed by atoms with E-state index in [9.17, 15) is 0 Å². The number of pyridine rings is 1. The summed E-state index contributed by atoms with van der Waals surface area (Å²) in [5, 5.41) is 3.23. The largest absolute Gasteiger partial charge is 0.383 e. The number of aryl methyl sites for hydroxylation is 1. The number of hydrogen-bond donors (Lipinski definition) is 1. The van der Waals surface area contributed by atoms with Crippen LogP contribution >= 0.6 is 0 Å². The molecule has 1 heterocycles. The molecule has 0 spiro atoms. The Morgan fingerprint density at radius 2 is 2.31 bits per heavy atom. The Balaban J connectivity index is 2.25. The molecule has 0 aromatic carbocycles. The molecule has 1 aromatic heterocycles. The zero-order chi connectivity index (χ0) is 9.52. The summed E-state index contributed by atoms with van der Waals surface area (Å²) in [5.74, 6) is 0. The summed E-state index contributed by atoms with van der Waals surface area (Å²) in [7, 11) is 1.70. The molecule has 0 unspecified atom stereocenters. The fraction of sp³-hybridized carbons (Fsp3) is 0.500. The number of rotatable bonds is 5. The molecule has 72 valence electrons. The van der Waals surface area contributed by atoms with E-state index in [0.717, 1.165) is 25.4 Å². The first-order valence-corrected chi connectivity index (χ1v) is 4.44. The molecule has 13 heavy (non-hydrogen) atoms. The van der Waals surface area contributed by atoms with Crippen molar-refractivity contribution in [2.24, 2.45) is 0 Å². The van der Waals surface area contributed by atoms with Crippen LogP contribution in [0.25, 0.3) is 0 Å². The molecule has 0 radical (unpaired) electrons. The molecular weight excluding hydrogens is 164 g/mol. The van der Waals surface area contributed by atoms with Gasteiger partial charge in [-0.1, -0.05) is 6.07 Å². The van der Waals surface area contributed by atoms with Crippen LogP contribution in [0.2, 0.25) is 0 Å². The number of ether oxygens (including phenoxy) is 1. The normalized spacial score (nSPS) is 10.3. The molecule has 1 rings (SSSR count). The Hall–Kier alpha value is -0.930. The standard InChI is InChI=1S/C10H16N2O/c1-9-3-4-10(12-7-9)8-11-5-6-13-2/h3-4,7,11H,5-6,8H2,1-2H3. The molecule has 3 heteroatoms. The summed E-state index contributed by atoms with van der Waals surface area (Å²) in [6.07, 6.45) is 1.88. The minimum Gasteiger partial charge on any atom is -0.383 e. The summed E-state index contributed by atoms with van der Waals surface area (Å²) in [5.41, 5.74) is 2.27. The van der Waals surface area contributed by atoms with Crippen LogP contribution in [0.1, 0.15) is 11.3 Å². The highest BCUT2D eigenvalue weighted by Crippen LogP contribution is 1.97. The van der Waals surface area contributed by atoms with Crippen LogP contribution in [0.3, 0.4) is 0 Å². The third kappa shape index (κ3) is 4.01. The maximum Gasteiger partial charge on any atom is 0.0587 e. The zero-order valence-electron chi connectivity index (χ0n) is 8.21. The van der Waals surface area contributed by atoms with Gasteiger partial charge >= 0.3 is 0 Å². The van der Waals surface area contributed by atoms with Gasteiger partial charge in [-0.05, 0) is 18.6 Å². The van der Waals surface area contributed by atoms with Crippen molar-refractivity contribution in [3.8, 4) is 0 Å². The van der Waals surface area contributed by atoms with Gasteiger partial charge in [0.2, 0.25) is 0 Å². The quantitative estimate of drug-likeness (QED) is 0.690. The molecule has 0 aliphatic carbocycles. The second kappa shape index (κ2) is 5.67. The second-order valence-corrected chi connectivity index (χ2v) is 3.00. The van der Waals surface area contributed by atoms with Crippen LogP contribution in [-0.2, 0) is 11.3 Å². The molecule has 1 aromatic rings. The van der Waals surface area contributed by atoms with Crippen LogP contribution < -0.4 is 5.32 Å². The van der Waals surface area contributed by atoms with Crippen LogP contribution in [0, 0.1) is 6.92 Å². The number of hydrogen-bond acceptors (Lipinski definition) is 3. The van der Waals surface area contributed by atoms with E-state index in [2.05, 4.69) is 16.4 Å². The Kier molecular flexibility index (Phi) is 4.43. The number of methoxy groups -OCH3 is 1. The Labute approximate surface area is 79.1 Å². The van der Waals surface area contributed by atoms with Crippen LogP contribution in [-0.4, -0.2) is 25.2 Å². The number of nitrogens with zero attached hydrogens (tertiary/aromatic N) is 1. The molecule has 3 nitrogen and oxygen atoms in total. The fourth-order valence-corrected chi connectivity index (χ4v) is 0.994. The van der Waals surface area contributed by atoms with Crippen molar-refractivity contribution in [3.05, 3.63) is 29.6 Å². The van der Waals surface area contributed by atoms with Gasteiger partial charge in [0.15, 0.2) is 0 Å². The van der Waals surface area contributed by atoms with Crippen molar-refractivity contribution < 1.29 is 4.74 Å². The fourth-order valence-electron chi connectivity index (χ4n) is 0.994. The minimum atomic E-state index is 0.742. The lowest BCUT2D eigenvalue weighted by atomic mass is 10.3. The Morgan fingerprint density at radius 3 is 2.92 bits per heavy atom. The van der Waals surface area contributed by atoms with Crippen molar-refractivity contribution in [1.82, 2.24) is 10.3 Å². The van der Waals surface area contributed by atoms with E-state index < -0.39 is 0 Å². The number of nitrogens with one attached hydrogen (secondary N) is 1. The lowest BCUT2D eigenvalue weighted by Crippen LogP contribution is -2.19. The highest BCUT2D eigenvalue weighted by Gasteiger charge is 1.92. The summed E-state index contributed by atoms with van der Waals surface area (Å²) in [6.45, 7) is 4.46. The predicted octanol–water partition coefficient (Wildman–Crippen LogP) is 1.13. The Morgan fingerprint density at radius 1 is 1.46 bits per heavy atom. The van der Waals surface area contributed by atoms with Crippen molar-refractivity contribution in [1.29, 1.82) is 0 Å². The average Bonchev–Trinajstić information content (AvgIpc) is 2.15. The van der Waals surface area contributed by atoms with E-state index in [0.29, 0.717) is 0 Å². The molecule has 0 saturated carbocycles. The lowest BCUT2D eigenvalue weighted by Gasteiger charge is -2.03. The summed E-state index contributed by atoms with van der Waals surface area (Å²) in [4.78, 5) is 4.27. The Bertz CT molecular complexity index is 233. The molecule has 0 bridgehead atoms. The maximum atomic E-state index is 4.92. The van der Waals surface area contributed by atoms with Gasteiger partial charge in [-0.3, -0.25) is 4.98 Å². The van der Waals surface area contributed by atoms with E-state index in [-0.39, 0.29) is 0 Å². The third-order valence-corrected chi connectivity index (χ3v) is 1.76. The van der Waals surface area contributed by atoms with E-state index in [1.807, 2.05) is 19.2 Å². The average molecular weight is 180 g/mol. The van der Waals surface area contributed by atoms with E-state index >= 15 is 0 Å². The smallest absolute Gasteiger partial charge is 0.0587 e. The molecule has 0 fully saturated rings. The van der Waals surface area contributed by atoms with Gasteiger partial charge in [0.1, 0.15) is 0 Å². The molecule has 0 amide bonds. The number of aromatic nitrogens is 1. The first kappa shape index (κ1) is 10.2. The molecule has 0 aliphatic heterocycles. The molecule has 0 aliphatic rings. The van der Waals surface area contributed by atoms with Crippen molar-refractivity contribution in [3.63, 3.8) is 0 Å². The van der Waals surface area contributed by atoms with Crippen LogP contribution in [0.5, 0.6) is 0 Å². The van der Waals surface area contributed by atoms with Crippen molar-refractivity contribution in [2.75, 3.05) is 20.3 Å². The monoisotopic (exact) mass is 180 g/mol. The van der Waals surface area contributed by atoms with Gasteiger partial charge in [0.05, 0.1) is 12.3 Å². The van der Waals surface area contributed by atoms with Gasteiger partial charge in [0.25, 0.3) is 0 Å². The summed E-state index contributed by atoms with van der Waals surface area (Å²) >= 11 is 0. The minimum absolute atomic E-state index is 0.742. The molecular formula is C10H16N2O. The first-order valence-electron chi connectivity index (χ1n) is 4.44. The van der Waals surface area contributed by atoms with Gasteiger partial charge in [-0.2, -0.15) is 0 Å². The first-order chi connectivity index (χ1) is 6.33. The molecule has 0 atom stereocenters. The summed E-state index contributed by atoms with van der Waals surface area (Å²) < 4.78 is 4.92. The van der Waals surface area contributed by atoms with Gasteiger partial charge in [0, 0.05) is 26.4 Å². The molecule has 1 N–H and O–H groups in total.